The molecule has 0 radical (unpaired) electrons. The number of benzene rings is 1. The minimum Gasteiger partial charge on any atom is -0.442 e. The van der Waals surface area contributed by atoms with Gasteiger partial charge in [0.2, 0.25) is 5.91 Å². The molecule has 0 bridgehead atoms. The van der Waals surface area contributed by atoms with E-state index < -0.39 is 11.7 Å². The van der Waals surface area contributed by atoms with Gasteiger partial charge in [0.15, 0.2) is 0 Å². The molecule has 0 aliphatic heterocycles. The number of ether oxygens (including phenoxy) is 1. The molecule has 0 spiro atoms. The Bertz CT molecular complexity index is 1330. The molecule has 9 heteroatoms. The number of hydrogen-bond acceptors (Lipinski definition) is 5. The standard InChI is InChI=1S/C26H30ClN5O3.C3H8/c1-8-22-21(12-17(3)20-10-9-19(11-16(20)2)29-23(33)13-27)24(18-14-28-31(7)15-18)30-32(22)25(34)35-26(4,5)6;1-3-2/h8-12,14-15H,1,13H2,2-7H3,(H,29,33);3H2,1-2H3/b17-12+;. The molecule has 0 saturated carbocycles. The molecule has 2 heterocycles. The van der Waals surface area contributed by atoms with Crippen LogP contribution in [0.5, 0.6) is 0 Å². The Morgan fingerprint density at radius 2 is 1.89 bits per heavy atom. The lowest BCUT2D eigenvalue weighted by Crippen LogP contribution is -2.28. The quantitative estimate of drug-likeness (QED) is 0.335. The Morgan fingerprint density at radius 3 is 2.39 bits per heavy atom. The highest BCUT2D eigenvalue weighted by atomic mass is 35.5. The zero-order valence-corrected chi connectivity index (χ0v) is 24.3. The molecule has 3 aromatic rings. The number of aromatic nitrogens is 4. The van der Waals surface area contributed by atoms with Crippen LogP contribution in [0.1, 0.15) is 70.3 Å². The molecule has 1 N–H and O–H groups in total. The highest BCUT2D eigenvalue weighted by Crippen LogP contribution is 2.32. The molecule has 0 aliphatic rings. The van der Waals surface area contributed by atoms with Gasteiger partial charge in [-0.25, -0.2) is 4.79 Å². The fourth-order valence-corrected chi connectivity index (χ4v) is 3.72. The van der Waals surface area contributed by atoms with Gasteiger partial charge in [0.1, 0.15) is 17.2 Å². The number of nitrogens with zero attached hydrogens (tertiary/aromatic N) is 4. The van der Waals surface area contributed by atoms with E-state index in [-0.39, 0.29) is 11.8 Å². The summed E-state index contributed by atoms with van der Waals surface area (Å²) in [5.41, 5.74) is 5.45. The average molecular weight is 540 g/mol. The number of allylic oxidation sites excluding steroid dienone is 1. The van der Waals surface area contributed by atoms with Crippen LogP contribution in [0.25, 0.3) is 29.0 Å². The number of carbonyl (C=O) groups is 2. The lowest BCUT2D eigenvalue weighted by atomic mass is 9.97. The molecule has 1 aromatic carbocycles. The Hall–Kier alpha value is -3.65. The largest absolute Gasteiger partial charge is 0.442 e. The molecule has 0 saturated heterocycles. The van der Waals surface area contributed by atoms with E-state index in [1.807, 2.05) is 51.4 Å². The normalized spacial score (nSPS) is 11.4. The maximum atomic E-state index is 12.9. The number of alkyl halides is 1. The molecule has 2 aromatic heterocycles. The highest BCUT2D eigenvalue weighted by molar-refractivity contribution is 6.29. The minimum atomic E-state index is -0.681. The van der Waals surface area contributed by atoms with E-state index >= 15 is 0 Å². The summed E-state index contributed by atoms with van der Waals surface area (Å²) in [6.07, 6.45) is 7.74. The second-order valence-corrected chi connectivity index (χ2v) is 10.2. The zero-order chi connectivity index (χ0) is 28.6. The van der Waals surface area contributed by atoms with Gasteiger partial charge >= 0.3 is 6.09 Å². The summed E-state index contributed by atoms with van der Waals surface area (Å²) in [5.74, 6) is -0.375. The van der Waals surface area contributed by atoms with Crippen molar-refractivity contribution in [2.24, 2.45) is 7.05 Å². The van der Waals surface area contributed by atoms with Crippen LogP contribution in [0.2, 0.25) is 0 Å². The average Bonchev–Trinajstić information content (AvgIpc) is 3.41. The van der Waals surface area contributed by atoms with E-state index in [2.05, 4.69) is 35.9 Å². The third kappa shape index (κ3) is 7.92. The summed E-state index contributed by atoms with van der Waals surface area (Å²) in [5, 5.41) is 11.6. The molecule has 0 unspecified atom stereocenters. The third-order valence-electron chi connectivity index (χ3n) is 5.11. The summed E-state index contributed by atoms with van der Waals surface area (Å²) < 4.78 is 8.47. The Morgan fingerprint density at radius 1 is 1.24 bits per heavy atom. The predicted octanol–water partition coefficient (Wildman–Crippen LogP) is 7.17. The number of nitrogens with one attached hydrogen (secondary N) is 1. The molecule has 3 rings (SSSR count). The van der Waals surface area contributed by atoms with Crippen LogP contribution >= 0.6 is 11.6 Å². The molecule has 1 amide bonds. The van der Waals surface area contributed by atoms with Gasteiger partial charge in [0.25, 0.3) is 0 Å². The molecule has 38 heavy (non-hydrogen) atoms. The summed E-state index contributed by atoms with van der Waals surface area (Å²) in [7, 11) is 1.82. The smallest absolute Gasteiger partial charge is 0.435 e. The fraction of sp³-hybridized carbons (Fsp3) is 0.379. The number of halogens is 1. The van der Waals surface area contributed by atoms with E-state index in [0.717, 1.165) is 27.8 Å². The zero-order valence-electron chi connectivity index (χ0n) is 23.6. The van der Waals surface area contributed by atoms with Crippen LogP contribution in [0.3, 0.4) is 0 Å². The predicted molar refractivity (Wildman–Crippen MR) is 156 cm³/mol. The first kappa shape index (κ1) is 30.6. The van der Waals surface area contributed by atoms with Gasteiger partial charge in [-0.05, 0) is 75.6 Å². The highest BCUT2D eigenvalue weighted by Gasteiger charge is 2.25. The van der Waals surface area contributed by atoms with E-state index in [4.69, 9.17) is 16.3 Å². The Kier molecular flexibility index (Phi) is 10.6. The van der Waals surface area contributed by atoms with Crippen molar-refractivity contribution in [2.75, 3.05) is 11.2 Å². The van der Waals surface area contributed by atoms with Crippen molar-refractivity contribution in [3.63, 3.8) is 0 Å². The summed E-state index contributed by atoms with van der Waals surface area (Å²) in [6, 6.07) is 5.64. The molecule has 0 fully saturated rings. The number of rotatable bonds is 6. The monoisotopic (exact) mass is 539 g/mol. The van der Waals surface area contributed by atoms with Crippen LogP contribution in [0.15, 0.2) is 37.2 Å². The maximum Gasteiger partial charge on any atom is 0.435 e. The first-order chi connectivity index (χ1) is 17.8. The lowest BCUT2D eigenvalue weighted by molar-refractivity contribution is -0.113. The molecular formula is C29H38ClN5O3. The van der Waals surface area contributed by atoms with Gasteiger partial charge in [0, 0.05) is 30.1 Å². The number of hydrogen-bond donors (Lipinski definition) is 1. The molecule has 8 nitrogen and oxygen atoms in total. The SMILES string of the molecule is C=Cc1c(/C=C(\C)c2ccc(NC(=O)CCl)cc2C)c(-c2cnn(C)c2)nn1C(=O)OC(C)(C)C.CCC. The molecular weight excluding hydrogens is 502 g/mol. The second-order valence-electron chi connectivity index (χ2n) is 9.89. The lowest BCUT2D eigenvalue weighted by Gasteiger charge is -2.19. The van der Waals surface area contributed by atoms with E-state index in [1.54, 1.807) is 37.7 Å². The minimum absolute atomic E-state index is 0.108. The fourth-order valence-electron chi connectivity index (χ4n) is 3.66. The maximum absolute atomic E-state index is 12.9. The van der Waals surface area contributed by atoms with Crippen molar-refractivity contribution in [1.29, 1.82) is 0 Å². The van der Waals surface area contributed by atoms with Crippen LogP contribution < -0.4 is 5.32 Å². The second kappa shape index (κ2) is 13.2. The van der Waals surface area contributed by atoms with Crippen LogP contribution in [-0.4, -0.2) is 43.0 Å². The Labute approximate surface area is 230 Å². The van der Waals surface area contributed by atoms with Crippen LogP contribution in [-0.2, 0) is 16.6 Å². The van der Waals surface area contributed by atoms with Gasteiger partial charge in [-0.1, -0.05) is 32.9 Å². The number of anilines is 1. The first-order valence-electron chi connectivity index (χ1n) is 12.5. The molecule has 204 valence electrons. The van der Waals surface area contributed by atoms with Crippen molar-refractivity contribution >= 4 is 47.0 Å². The van der Waals surface area contributed by atoms with Crippen molar-refractivity contribution in [3.05, 3.63) is 59.6 Å². The van der Waals surface area contributed by atoms with Crippen molar-refractivity contribution in [2.45, 2.75) is 60.5 Å². The Balaban J connectivity index is 0.00000161. The van der Waals surface area contributed by atoms with E-state index in [1.165, 1.54) is 11.1 Å². The van der Waals surface area contributed by atoms with Gasteiger partial charge < -0.3 is 10.1 Å². The van der Waals surface area contributed by atoms with Crippen molar-refractivity contribution < 1.29 is 14.3 Å². The van der Waals surface area contributed by atoms with Gasteiger partial charge in [-0.3, -0.25) is 9.48 Å². The summed E-state index contributed by atoms with van der Waals surface area (Å²) >= 11 is 5.59. The van der Waals surface area contributed by atoms with Crippen LogP contribution in [0.4, 0.5) is 10.5 Å². The van der Waals surface area contributed by atoms with E-state index in [0.29, 0.717) is 17.1 Å². The number of carbonyl (C=O) groups excluding carboxylic acids is 2. The third-order valence-corrected chi connectivity index (χ3v) is 5.36. The van der Waals surface area contributed by atoms with Gasteiger partial charge in [-0.15, -0.1) is 11.6 Å². The van der Waals surface area contributed by atoms with E-state index in [9.17, 15) is 9.59 Å². The van der Waals surface area contributed by atoms with Gasteiger partial charge in [-0.2, -0.15) is 14.9 Å². The van der Waals surface area contributed by atoms with Crippen LogP contribution in [0, 0.1) is 6.92 Å². The van der Waals surface area contributed by atoms with Gasteiger partial charge in [0.05, 0.1) is 11.9 Å². The van der Waals surface area contributed by atoms with Crippen molar-refractivity contribution in [3.8, 4) is 11.3 Å². The summed E-state index contributed by atoms with van der Waals surface area (Å²) in [6.45, 7) is 17.5. The molecule has 0 atom stereocenters. The number of amides is 1. The van der Waals surface area contributed by atoms with Crippen molar-refractivity contribution in [1.82, 2.24) is 19.6 Å². The summed E-state index contributed by atoms with van der Waals surface area (Å²) in [4.78, 5) is 24.6. The molecule has 0 aliphatic carbocycles. The first-order valence-corrected chi connectivity index (χ1v) is 13.0. The topological polar surface area (TPSA) is 91.0 Å². The number of aryl methyl sites for hydroxylation is 2.